The van der Waals surface area contributed by atoms with Crippen LogP contribution in [-0.2, 0) is 4.79 Å². The van der Waals surface area contributed by atoms with Crippen LogP contribution in [0.3, 0.4) is 0 Å². The van der Waals surface area contributed by atoms with Crippen molar-refractivity contribution in [1.29, 1.82) is 0 Å². The maximum atomic E-state index is 14.9. The molecule has 0 radical (unpaired) electrons. The molecule has 1 atom stereocenters. The van der Waals surface area contributed by atoms with E-state index in [1.807, 2.05) is 0 Å². The standard InChI is InChI=1S/C19H17ClF5N7O2/c1-8(26-18(34)29-28-17(33)19(23,24)25)11-4-3-9(5-13(11)21)12-6-10(20)7-14(22)15(12)16-27-31-32(2)30-16/h3-8,31H,1-2H3,(H,27,30)(H,28,33)(H2,26,29,34)/t8-/m1/s1. The Hall–Kier alpha value is -3.65. The highest BCUT2D eigenvalue weighted by Gasteiger charge is 2.39. The van der Waals surface area contributed by atoms with E-state index in [4.69, 9.17) is 11.6 Å². The van der Waals surface area contributed by atoms with Crippen molar-refractivity contribution in [3.8, 4) is 11.1 Å². The molecule has 1 heterocycles. The Labute approximate surface area is 194 Å². The van der Waals surface area contributed by atoms with Crippen molar-refractivity contribution < 1.29 is 31.5 Å². The van der Waals surface area contributed by atoms with Crippen LogP contribution in [0.5, 0.6) is 0 Å². The highest BCUT2D eigenvalue weighted by molar-refractivity contribution is 6.31. The van der Waals surface area contributed by atoms with Crippen molar-refractivity contribution in [1.82, 2.24) is 32.2 Å². The zero-order valence-corrected chi connectivity index (χ0v) is 18.2. The van der Waals surface area contributed by atoms with Crippen LogP contribution >= 0.6 is 11.6 Å². The molecule has 0 saturated heterocycles. The third kappa shape index (κ3) is 5.63. The summed E-state index contributed by atoms with van der Waals surface area (Å²) in [6.07, 6.45) is -5.19. The summed E-state index contributed by atoms with van der Waals surface area (Å²) in [6, 6.07) is 4.13. The third-order valence-corrected chi connectivity index (χ3v) is 4.77. The van der Waals surface area contributed by atoms with E-state index in [1.54, 1.807) is 7.05 Å². The number of hydrogen-bond donors (Lipinski definition) is 5. The minimum absolute atomic E-state index is 0.0252. The normalized spacial score (nSPS) is 14.5. The molecule has 3 rings (SSSR count). The molecule has 9 nitrogen and oxygen atoms in total. The van der Waals surface area contributed by atoms with E-state index in [0.29, 0.717) is 0 Å². The Kier molecular flexibility index (Phi) is 7.12. The first-order valence-electron chi connectivity index (χ1n) is 9.43. The van der Waals surface area contributed by atoms with Gasteiger partial charge in [-0.05, 0) is 36.2 Å². The van der Waals surface area contributed by atoms with Crippen LogP contribution in [0.15, 0.2) is 35.4 Å². The zero-order valence-electron chi connectivity index (χ0n) is 17.4. The second-order valence-electron chi connectivity index (χ2n) is 7.05. The number of urea groups is 1. The van der Waals surface area contributed by atoms with E-state index in [-0.39, 0.29) is 33.1 Å². The van der Waals surface area contributed by atoms with Crippen LogP contribution in [0.1, 0.15) is 24.1 Å². The van der Waals surface area contributed by atoms with Crippen LogP contribution < -0.4 is 27.1 Å². The molecule has 15 heteroatoms. The molecule has 2 aromatic rings. The molecule has 5 N–H and O–H groups in total. The summed E-state index contributed by atoms with van der Waals surface area (Å²) in [4.78, 5) is 22.5. The van der Waals surface area contributed by atoms with Crippen molar-refractivity contribution in [2.75, 3.05) is 7.05 Å². The van der Waals surface area contributed by atoms with Gasteiger partial charge in [0.15, 0.2) is 5.84 Å². The molecule has 0 unspecified atom stereocenters. The van der Waals surface area contributed by atoms with Gasteiger partial charge in [0.05, 0.1) is 11.6 Å². The van der Waals surface area contributed by atoms with Gasteiger partial charge in [-0.3, -0.25) is 15.6 Å². The van der Waals surface area contributed by atoms with Gasteiger partial charge in [0.1, 0.15) is 11.6 Å². The summed E-state index contributed by atoms with van der Waals surface area (Å²) < 4.78 is 66.1. The second-order valence-corrected chi connectivity index (χ2v) is 7.49. The van der Waals surface area contributed by atoms with Crippen molar-refractivity contribution in [2.24, 2.45) is 5.10 Å². The lowest BCUT2D eigenvalue weighted by atomic mass is 9.96. The number of carbonyl (C=O) groups excluding carboxylic acids is 2. The smallest absolute Gasteiger partial charge is 0.330 e. The molecular weight excluding hydrogens is 489 g/mol. The minimum Gasteiger partial charge on any atom is -0.330 e. The SMILES string of the molecule is C[C@@H](NC(=O)NNC(=O)C(F)(F)F)c1ccc(-c2cc(Cl)cc(F)c2C2=NNN(C)N2)cc1F. The van der Waals surface area contributed by atoms with Gasteiger partial charge < -0.3 is 5.32 Å². The fourth-order valence-electron chi connectivity index (χ4n) is 3.03. The molecule has 182 valence electrons. The molecule has 0 aromatic heterocycles. The number of alkyl halides is 3. The topological polar surface area (TPSA) is 110 Å². The number of nitrogens with one attached hydrogen (secondary N) is 5. The highest BCUT2D eigenvalue weighted by Crippen LogP contribution is 2.32. The third-order valence-electron chi connectivity index (χ3n) is 4.55. The van der Waals surface area contributed by atoms with Gasteiger partial charge in [-0.15, -0.1) is 10.2 Å². The second kappa shape index (κ2) is 9.69. The molecule has 0 fully saturated rings. The van der Waals surface area contributed by atoms with Crippen LogP contribution in [0.2, 0.25) is 5.02 Å². The average Bonchev–Trinajstić information content (AvgIpc) is 3.16. The summed E-state index contributed by atoms with van der Waals surface area (Å²) in [6.45, 7) is 1.37. The van der Waals surface area contributed by atoms with Crippen molar-refractivity contribution >= 4 is 29.4 Å². The van der Waals surface area contributed by atoms with Crippen LogP contribution in [0.25, 0.3) is 11.1 Å². The number of halogens is 6. The molecule has 1 aliphatic heterocycles. The molecule has 0 saturated carbocycles. The number of rotatable bonds is 4. The van der Waals surface area contributed by atoms with E-state index in [0.717, 1.165) is 12.1 Å². The molecule has 2 aromatic carbocycles. The van der Waals surface area contributed by atoms with Gasteiger partial charge in [-0.2, -0.15) is 13.2 Å². The lowest BCUT2D eigenvalue weighted by molar-refractivity contribution is -0.174. The predicted octanol–water partition coefficient (Wildman–Crippen LogP) is 2.86. The first-order chi connectivity index (χ1) is 15.9. The number of hydrogen-bond acceptors (Lipinski definition) is 6. The number of hydrazone groups is 1. The van der Waals surface area contributed by atoms with Crippen LogP contribution in [0, 0.1) is 11.6 Å². The van der Waals surface area contributed by atoms with E-state index in [2.05, 4.69) is 21.4 Å². The Morgan fingerprint density at radius 1 is 1.12 bits per heavy atom. The van der Waals surface area contributed by atoms with E-state index in [9.17, 15) is 31.5 Å². The molecule has 1 aliphatic rings. The number of carbonyl (C=O) groups is 2. The molecule has 0 aliphatic carbocycles. The quantitative estimate of drug-likeness (QED) is 0.324. The summed E-state index contributed by atoms with van der Waals surface area (Å²) >= 11 is 5.99. The molecule has 0 spiro atoms. The lowest BCUT2D eigenvalue weighted by Gasteiger charge is -2.18. The molecule has 34 heavy (non-hydrogen) atoms. The first-order valence-corrected chi connectivity index (χ1v) is 9.81. The van der Waals surface area contributed by atoms with Crippen LogP contribution in [-0.4, -0.2) is 36.1 Å². The fourth-order valence-corrected chi connectivity index (χ4v) is 3.23. The maximum Gasteiger partial charge on any atom is 0.472 e. The first kappa shape index (κ1) is 25.0. The summed E-state index contributed by atoms with van der Waals surface area (Å²) in [5, 5.41) is 7.58. The van der Waals surface area contributed by atoms with Crippen molar-refractivity contribution in [3.63, 3.8) is 0 Å². The summed E-state index contributed by atoms with van der Waals surface area (Å²) in [5.74, 6) is -3.75. The largest absolute Gasteiger partial charge is 0.472 e. The van der Waals surface area contributed by atoms with Gasteiger partial charge in [-0.1, -0.05) is 23.7 Å². The van der Waals surface area contributed by atoms with Crippen molar-refractivity contribution in [2.45, 2.75) is 19.1 Å². The Bertz CT molecular complexity index is 1160. The average molecular weight is 506 g/mol. The van der Waals surface area contributed by atoms with Gasteiger partial charge in [0.25, 0.3) is 0 Å². The highest BCUT2D eigenvalue weighted by atomic mass is 35.5. The van der Waals surface area contributed by atoms with E-state index >= 15 is 0 Å². The number of nitrogens with zero attached hydrogens (tertiary/aromatic N) is 2. The van der Waals surface area contributed by atoms with Gasteiger partial charge in [-0.25, -0.2) is 24.5 Å². The number of amidine groups is 1. The molecule has 0 bridgehead atoms. The van der Waals surface area contributed by atoms with E-state index < -0.39 is 35.8 Å². The van der Waals surface area contributed by atoms with Crippen molar-refractivity contribution in [3.05, 3.63) is 58.1 Å². The van der Waals surface area contributed by atoms with Gasteiger partial charge in [0, 0.05) is 17.6 Å². The Morgan fingerprint density at radius 3 is 2.41 bits per heavy atom. The number of benzene rings is 2. The predicted molar refractivity (Wildman–Crippen MR) is 112 cm³/mol. The van der Waals surface area contributed by atoms with E-state index in [1.165, 1.54) is 41.1 Å². The monoisotopic (exact) mass is 505 g/mol. The van der Waals surface area contributed by atoms with Crippen LogP contribution in [0.4, 0.5) is 26.7 Å². The maximum absolute atomic E-state index is 14.9. The number of amides is 3. The Balaban J connectivity index is 1.81. The number of hydrazine groups is 3. The van der Waals surface area contributed by atoms with Gasteiger partial charge in [0.2, 0.25) is 0 Å². The Morgan fingerprint density at radius 2 is 1.82 bits per heavy atom. The summed E-state index contributed by atoms with van der Waals surface area (Å²) in [5.41, 5.74) is 8.52. The fraction of sp³-hybridized carbons (Fsp3) is 0.211. The zero-order chi connectivity index (χ0) is 25.2. The minimum atomic E-state index is -5.19. The van der Waals surface area contributed by atoms with Gasteiger partial charge >= 0.3 is 18.1 Å². The molecular formula is C19H17ClF5N7O2. The lowest BCUT2D eigenvalue weighted by Crippen LogP contribution is -2.51. The molecule has 3 amide bonds. The summed E-state index contributed by atoms with van der Waals surface area (Å²) in [7, 11) is 1.59.